The number of halogens is 2. The SMILES string of the molecule is C[C@H](CCl)COc1ccc(C(C)(C)c2ccc(OC[C@@H](O)CO)cc2)cc1I. The summed E-state index contributed by atoms with van der Waals surface area (Å²) in [5, 5.41) is 18.2. The van der Waals surface area contributed by atoms with Crippen LogP contribution in [-0.2, 0) is 5.41 Å². The van der Waals surface area contributed by atoms with E-state index >= 15 is 0 Å². The summed E-state index contributed by atoms with van der Waals surface area (Å²) in [6.07, 6.45) is -0.869. The van der Waals surface area contributed by atoms with Gasteiger partial charge in [-0.1, -0.05) is 39.0 Å². The van der Waals surface area contributed by atoms with Crippen molar-refractivity contribution in [2.24, 2.45) is 5.92 Å². The molecule has 2 aromatic carbocycles. The van der Waals surface area contributed by atoms with Crippen LogP contribution < -0.4 is 9.47 Å². The highest BCUT2D eigenvalue weighted by molar-refractivity contribution is 14.1. The molecule has 2 rings (SSSR count). The van der Waals surface area contributed by atoms with Crippen molar-refractivity contribution in [3.05, 3.63) is 57.2 Å². The first kappa shape index (κ1) is 23.3. The van der Waals surface area contributed by atoms with E-state index in [2.05, 4.69) is 55.5 Å². The third-order valence-electron chi connectivity index (χ3n) is 4.67. The molecule has 2 aromatic rings. The summed E-state index contributed by atoms with van der Waals surface area (Å²) < 4.78 is 12.4. The lowest BCUT2D eigenvalue weighted by atomic mass is 9.78. The molecule has 0 aromatic heterocycles. The van der Waals surface area contributed by atoms with Crippen molar-refractivity contribution < 1.29 is 19.7 Å². The van der Waals surface area contributed by atoms with Crippen LogP contribution in [0.3, 0.4) is 0 Å². The smallest absolute Gasteiger partial charge is 0.132 e. The van der Waals surface area contributed by atoms with Gasteiger partial charge in [0.05, 0.1) is 16.8 Å². The lowest BCUT2D eigenvalue weighted by molar-refractivity contribution is 0.0536. The molecular formula is C22H28ClIO4. The Balaban J connectivity index is 2.11. The van der Waals surface area contributed by atoms with Gasteiger partial charge >= 0.3 is 0 Å². The molecular weight excluding hydrogens is 491 g/mol. The normalized spacial score (nSPS) is 13.8. The van der Waals surface area contributed by atoms with Gasteiger partial charge in [0.1, 0.15) is 24.2 Å². The first-order chi connectivity index (χ1) is 13.3. The highest BCUT2D eigenvalue weighted by atomic mass is 127. The standard InChI is InChI=1S/C22H28ClIO4/c1-15(11-23)13-28-21-9-6-17(10-20(21)24)22(2,3)16-4-7-19(8-5-16)27-14-18(26)12-25/h4-10,15,18,25-26H,11-14H2,1-3H3/t15-,18+/m1/s1. The van der Waals surface area contributed by atoms with Crippen molar-refractivity contribution in [1.82, 2.24) is 0 Å². The maximum atomic E-state index is 9.39. The summed E-state index contributed by atoms with van der Waals surface area (Å²) in [6.45, 7) is 6.79. The van der Waals surface area contributed by atoms with Gasteiger partial charge in [0.25, 0.3) is 0 Å². The van der Waals surface area contributed by atoms with Crippen LogP contribution in [0.5, 0.6) is 11.5 Å². The minimum absolute atomic E-state index is 0.0707. The Bertz CT molecular complexity index is 749. The largest absolute Gasteiger partial charge is 0.492 e. The average Bonchev–Trinajstić information content (AvgIpc) is 2.70. The molecule has 0 amide bonds. The molecule has 2 atom stereocenters. The predicted octanol–water partition coefficient (Wildman–Crippen LogP) is 4.60. The molecule has 0 saturated heterocycles. The molecule has 0 aliphatic carbocycles. The highest BCUT2D eigenvalue weighted by Crippen LogP contribution is 2.35. The van der Waals surface area contributed by atoms with E-state index in [0.717, 1.165) is 14.9 Å². The van der Waals surface area contributed by atoms with Crippen molar-refractivity contribution in [3.8, 4) is 11.5 Å². The zero-order chi connectivity index (χ0) is 20.7. The molecule has 0 aliphatic heterocycles. The molecule has 2 N–H and O–H groups in total. The third-order valence-corrected chi connectivity index (χ3v) is 6.04. The molecule has 154 valence electrons. The summed E-state index contributed by atoms with van der Waals surface area (Å²) in [6, 6.07) is 14.1. The molecule has 4 nitrogen and oxygen atoms in total. The topological polar surface area (TPSA) is 58.9 Å². The van der Waals surface area contributed by atoms with E-state index in [1.807, 2.05) is 30.3 Å². The molecule has 28 heavy (non-hydrogen) atoms. The third kappa shape index (κ3) is 6.24. The van der Waals surface area contributed by atoms with Crippen LogP contribution in [0.25, 0.3) is 0 Å². The number of benzene rings is 2. The molecule has 0 spiro atoms. The van der Waals surface area contributed by atoms with Crippen LogP contribution in [0.1, 0.15) is 31.9 Å². The van der Waals surface area contributed by atoms with Crippen molar-refractivity contribution in [2.75, 3.05) is 25.7 Å². The van der Waals surface area contributed by atoms with Crippen molar-refractivity contribution in [3.63, 3.8) is 0 Å². The number of rotatable bonds is 10. The monoisotopic (exact) mass is 518 g/mol. The molecule has 0 aliphatic rings. The van der Waals surface area contributed by atoms with Crippen LogP contribution in [0.15, 0.2) is 42.5 Å². The lowest BCUT2D eigenvalue weighted by Crippen LogP contribution is -2.21. The van der Waals surface area contributed by atoms with Gasteiger partial charge in [0.15, 0.2) is 0 Å². The maximum absolute atomic E-state index is 9.39. The van der Waals surface area contributed by atoms with Gasteiger partial charge in [-0.2, -0.15) is 0 Å². The molecule has 6 heteroatoms. The van der Waals surface area contributed by atoms with Gasteiger partial charge in [-0.25, -0.2) is 0 Å². The fourth-order valence-corrected chi connectivity index (χ4v) is 3.42. The Kier molecular flexibility index (Phi) is 8.86. The Morgan fingerprint density at radius 2 is 1.68 bits per heavy atom. The summed E-state index contributed by atoms with van der Waals surface area (Å²) in [7, 11) is 0. The van der Waals surface area contributed by atoms with Gasteiger partial charge in [0.2, 0.25) is 0 Å². The van der Waals surface area contributed by atoms with Crippen LogP contribution in [0, 0.1) is 9.49 Å². The lowest BCUT2D eigenvalue weighted by Gasteiger charge is -2.27. The first-order valence-corrected chi connectivity index (χ1v) is 10.9. The van der Waals surface area contributed by atoms with Crippen molar-refractivity contribution in [2.45, 2.75) is 32.3 Å². The van der Waals surface area contributed by atoms with Crippen molar-refractivity contribution in [1.29, 1.82) is 0 Å². The van der Waals surface area contributed by atoms with E-state index < -0.39 is 6.10 Å². The minimum Gasteiger partial charge on any atom is -0.492 e. The molecule has 0 bridgehead atoms. The first-order valence-electron chi connectivity index (χ1n) is 9.29. The zero-order valence-electron chi connectivity index (χ0n) is 16.5. The summed E-state index contributed by atoms with van der Waals surface area (Å²) in [5.41, 5.74) is 2.16. The second kappa shape index (κ2) is 10.7. The van der Waals surface area contributed by atoms with E-state index in [1.165, 1.54) is 5.56 Å². The zero-order valence-corrected chi connectivity index (χ0v) is 19.4. The van der Waals surface area contributed by atoms with Gasteiger partial charge < -0.3 is 19.7 Å². The second-order valence-corrected chi connectivity index (χ2v) is 8.98. The number of hydrogen-bond acceptors (Lipinski definition) is 4. The summed E-state index contributed by atoms with van der Waals surface area (Å²) in [5.74, 6) is 2.44. The Hall–Kier alpha value is -1.02. The molecule has 0 fully saturated rings. The van der Waals surface area contributed by atoms with Gasteiger partial charge in [-0.05, 0) is 58.0 Å². The van der Waals surface area contributed by atoms with Crippen LogP contribution in [0.2, 0.25) is 0 Å². The van der Waals surface area contributed by atoms with Crippen molar-refractivity contribution >= 4 is 34.2 Å². The van der Waals surface area contributed by atoms with Gasteiger partial charge in [0, 0.05) is 17.2 Å². The number of alkyl halides is 1. The second-order valence-electron chi connectivity index (χ2n) is 7.51. The Morgan fingerprint density at radius 1 is 1.04 bits per heavy atom. The fraction of sp³-hybridized carbons (Fsp3) is 0.455. The maximum Gasteiger partial charge on any atom is 0.132 e. The fourth-order valence-electron chi connectivity index (χ4n) is 2.66. The van der Waals surface area contributed by atoms with Crippen LogP contribution in [-0.4, -0.2) is 42.0 Å². The summed E-state index contributed by atoms with van der Waals surface area (Å²) >= 11 is 8.16. The Labute approximate surface area is 186 Å². The average molecular weight is 519 g/mol. The predicted molar refractivity (Wildman–Crippen MR) is 122 cm³/mol. The van der Waals surface area contributed by atoms with E-state index in [0.29, 0.717) is 24.2 Å². The number of aliphatic hydroxyl groups is 2. The van der Waals surface area contributed by atoms with Crippen LogP contribution >= 0.6 is 34.2 Å². The number of aliphatic hydroxyl groups excluding tert-OH is 2. The molecule has 0 heterocycles. The van der Waals surface area contributed by atoms with E-state index in [4.69, 9.17) is 26.2 Å². The van der Waals surface area contributed by atoms with Gasteiger partial charge in [-0.15, -0.1) is 11.6 Å². The van der Waals surface area contributed by atoms with E-state index in [-0.39, 0.29) is 18.6 Å². The Morgan fingerprint density at radius 3 is 2.25 bits per heavy atom. The van der Waals surface area contributed by atoms with Gasteiger partial charge in [-0.3, -0.25) is 0 Å². The number of hydrogen-bond donors (Lipinski definition) is 2. The minimum atomic E-state index is -0.869. The van der Waals surface area contributed by atoms with E-state index in [1.54, 1.807) is 0 Å². The highest BCUT2D eigenvalue weighted by Gasteiger charge is 2.24. The molecule has 0 saturated carbocycles. The molecule has 0 unspecified atom stereocenters. The number of ether oxygens (including phenoxy) is 2. The van der Waals surface area contributed by atoms with E-state index in [9.17, 15) is 5.11 Å². The van der Waals surface area contributed by atoms with Crippen LogP contribution in [0.4, 0.5) is 0 Å². The quantitative estimate of drug-likeness (QED) is 0.356. The summed E-state index contributed by atoms with van der Waals surface area (Å²) in [4.78, 5) is 0. The molecule has 0 radical (unpaired) electrons.